The van der Waals surface area contributed by atoms with Crippen LogP contribution in [0.5, 0.6) is 0 Å². The van der Waals surface area contributed by atoms with Gasteiger partial charge in [-0.3, -0.25) is 20.4 Å². The number of amides is 2. The molecule has 0 spiro atoms. The Morgan fingerprint density at radius 2 is 1.64 bits per heavy atom. The molecule has 132 valence electrons. The molecule has 0 bridgehead atoms. The fourth-order valence-electron chi connectivity index (χ4n) is 2.30. The number of carbonyl (C=O) groups is 2. The summed E-state index contributed by atoms with van der Waals surface area (Å²) >= 11 is 0. The van der Waals surface area contributed by atoms with Crippen molar-refractivity contribution in [2.24, 2.45) is 0 Å². The Balaban J connectivity index is 1.87. The smallest absolute Gasteiger partial charge is 0.269 e. The van der Waals surface area contributed by atoms with Crippen LogP contribution in [0.4, 0.5) is 0 Å². The van der Waals surface area contributed by atoms with Gasteiger partial charge in [-0.1, -0.05) is 35.9 Å². The molecule has 0 fully saturated rings. The molecular weight excluding hydrogens is 340 g/mol. The highest BCUT2D eigenvalue weighted by Gasteiger charge is 2.16. The van der Waals surface area contributed by atoms with Gasteiger partial charge in [-0.05, 0) is 37.6 Å². The topological polar surface area (TPSA) is 92.3 Å². The maximum Gasteiger partial charge on any atom is 0.269 e. The first kappa shape index (κ1) is 18.7. The van der Waals surface area contributed by atoms with Gasteiger partial charge >= 0.3 is 0 Å². The highest BCUT2D eigenvalue weighted by atomic mass is 32.2. The van der Waals surface area contributed by atoms with Crippen molar-refractivity contribution >= 4 is 21.7 Å². The van der Waals surface area contributed by atoms with E-state index in [0.717, 1.165) is 11.1 Å². The van der Waals surface area contributed by atoms with E-state index in [2.05, 4.69) is 10.9 Å². The summed E-state index contributed by atoms with van der Waals surface area (Å²) in [5, 5.41) is 0. The SMILES string of the molecule is Cc1ccc(C(=O)NNC(=O)CCS(=O)(=O)c2ccccc2)c(C)c1. The van der Waals surface area contributed by atoms with Gasteiger partial charge in [0.2, 0.25) is 5.91 Å². The third-order valence-electron chi connectivity index (χ3n) is 3.64. The lowest BCUT2D eigenvalue weighted by Crippen LogP contribution is -2.42. The zero-order valence-corrected chi connectivity index (χ0v) is 14.9. The highest BCUT2D eigenvalue weighted by molar-refractivity contribution is 7.91. The van der Waals surface area contributed by atoms with Gasteiger partial charge < -0.3 is 0 Å². The molecule has 6 nitrogen and oxygen atoms in total. The van der Waals surface area contributed by atoms with Crippen LogP contribution in [0.15, 0.2) is 53.4 Å². The van der Waals surface area contributed by atoms with Crippen LogP contribution in [0.1, 0.15) is 27.9 Å². The first-order chi connectivity index (χ1) is 11.8. The van der Waals surface area contributed by atoms with Crippen molar-refractivity contribution in [2.75, 3.05) is 5.75 Å². The summed E-state index contributed by atoms with van der Waals surface area (Å²) in [7, 11) is -3.53. The molecule has 0 aromatic heterocycles. The largest absolute Gasteiger partial charge is 0.273 e. The number of hydrazine groups is 1. The molecule has 0 saturated heterocycles. The Morgan fingerprint density at radius 3 is 2.28 bits per heavy atom. The number of sulfone groups is 1. The Morgan fingerprint density at radius 1 is 0.960 bits per heavy atom. The van der Waals surface area contributed by atoms with E-state index in [9.17, 15) is 18.0 Å². The molecular formula is C18H20N2O4S. The lowest BCUT2D eigenvalue weighted by molar-refractivity contribution is -0.121. The molecule has 2 amide bonds. The number of carbonyl (C=O) groups excluding carboxylic acids is 2. The summed E-state index contributed by atoms with van der Waals surface area (Å²) in [4.78, 5) is 24.0. The molecule has 2 aromatic carbocycles. The average molecular weight is 360 g/mol. The highest BCUT2D eigenvalue weighted by Crippen LogP contribution is 2.11. The average Bonchev–Trinajstić information content (AvgIpc) is 2.58. The van der Waals surface area contributed by atoms with Crippen molar-refractivity contribution in [3.05, 3.63) is 65.2 Å². The van der Waals surface area contributed by atoms with E-state index in [4.69, 9.17) is 0 Å². The van der Waals surface area contributed by atoms with Crippen LogP contribution in [-0.4, -0.2) is 26.0 Å². The molecule has 0 heterocycles. The summed E-state index contributed by atoms with van der Waals surface area (Å²) in [6.45, 7) is 3.72. The number of nitrogens with one attached hydrogen (secondary N) is 2. The zero-order valence-electron chi connectivity index (χ0n) is 14.1. The number of aryl methyl sites for hydroxylation is 2. The monoisotopic (exact) mass is 360 g/mol. The van der Waals surface area contributed by atoms with Crippen LogP contribution < -0.4 is 10.9 Å². The van der Waals surface area contributed by atoms with Gasteiger partial charge in [0.25, 0.3) is 5.91 Å². The first-order valence-electron chi connectivity index (χ1n) is 7.74. The number of hydrogen-bond acceptors (Lipinski definition) is 4. The number of benzene rings is 2. The summed E-state index contributed by atoms with van der Waals surface area (Å²) < 4.78 is 24.2. The molecule has 2 rings (SSSR count). The van der Waals surface area contributed by atoms with Gasteiger partial charge in [0.05, 0.1) is 10.6 Å². The van der Waals surface area contributed by atoms with Crippen LogP contribution in [0, 0.1) is 13.8 Å². The predicted octanol–water partition coefficient (Wildman–Crippen LogP) is 1.93. The van der Waals surface area contributed by atoms with Gasteiger partial charge in [0, 0.05) is 12.0 Å². The second-order valence-electron chi connectivity index (χ2n) is 5.70. The molecule has 7 heteroatoms. The van der Waals surface area contributed by atoms with E-state index in [0.29, 0.717) is 5.56 Å². The van der Waals surface area contributed by atoms with Gasteiger partial charge in [-0.2, -0.15) is 0 Å². The van der Waals surface area contributed by atoms with Crippen molar-refractivity contribution in [1.29, 1.82) is 0 Å². The molecule has 0 aliphatic heterocycles. The second kappa shape index (κ2) is 7.94. The summed E-state index contributed by atoms with van der Waals surface area (Å²) in [6.07, 6.45) is -0.246. The fraction of sp³-hybridized carbons (Fsp3) is 0.222. The molecule has 0 saturated carbocycles. The van der Waals surface area contributed by atoms with Crippen molar-refractivity contribution in [3.8, 4) is 0 Å². The normalized spacial score (nSPS) is 11.0. The number of hydrogen-bond donors (Lipinski definition) is 2. The molecule has 2 aromatic rings. The van der Waals surface area contributed by atoms with Gasteiger partial charge in [0.1, 0.15) is 0 Å². The van der Waals surface area contributed by atoms with Crippen LogP contribution >= 0.6 is 0 Å². The number of rotatable bonds is 5. The maximum atomic E-state index is 12.1. The molecule has 25 heavy (non-hydrogen) atoms. The van der Waals surface area contributed by atoms with Gasteiger partial charge in [0.15, 0.2) is 9.84 Å². The zero-order chi connectivity index (χ0) is 18.4. The van der Waals surface area contributed by atoms with Crippen molar-refractivity contribution in [2.45, 2.75) is 25.2 Å². The Bertz CT molecular complexity index is 877. The quantitative estimate of drug-likeness (QED) is 0.797. The lowest BCUT2D eigenvalue weighted by atomic mass is 10.1. The molecule has 0 aliphatic rings. The van der Waals surface area contributed by atoms with E-state index in [1.165, 1.54) is 12.1 Å². The third-order valence-corrected chi connectivity index (χ3v) is 5.37. The molecule has 0 aliphatic carbocycles. The minimum atomic E-state index is -3.53. The maximum absolute atomic E-state index is 12.1. The Kier molecular flexibility index (Phi) is 5.93. The van der Waals surface area contributed by atoms with E-state index in [-0.39, 0.29) is 17.1 Å². The van der Waals surface area contributed by atoms with Gasteiger partial charge in [-0.15, -0.1) is 0 Å². The van der Waals surface area contributed by atoms with Crippen molar-refractivity contribution in [3.63, 3.8) is 0 Å². The van der Waals surface area contributed by atoms with E-state index in [1.807, 2.05) is 13.0 Å². The van der Waals surface area contributed by atoms with Crippen LogP contribution in [-0.2, 0) is 14.6 Å². The summed E-state index contributed by atoms with van der Waals surface area (Å²) in [5.41, 5.74) is 6.81. The molecule has 0 atom stereocenters. The lowest BCUT2D eigenvalue weighted by Gasteiger charge is -2.10. The second-order valence-corrected chi connectivity index (χ2v) is 7.81. The third kappa shape index (κ3) is 5.15. The molecule has 2 N–H and O–H groups in total. The van der Waals surface area contributed by atoms with E-state index < -0.39 is 21.7 Å². The summed E-state index contributed by atoms with van der Waals surface area (Å²) in [6, 6.07) is 13.3. The standard InChI is InChI=1S/C18H20N2O4S/c1-13-8-9-16(14(2)12-13)18(22)20-19-17(21)10-11-25(23,24)15-6-4-3-5-7-15/h3-9,12H,10-11H2,1-2H3,(H,19,21)(H,20,22). The van der Waals surface area contributed by atoms with Crippen molar-refractivity contribution in [1.82, 2.24) is 10.9 Å². The van der Waals surface area contributed by atoms with Crippen LogP contribution in [0.25, 0.3) is 0 Å². The van der Waals surface area contributed by atoms with Crippen LogP contribution in [0.3, 0.4) is 0 Å². The minimum Gasteiger partial charge on any atom is -0.273 e. The van der Waals surface area contributed by atoms with E-state index >= 15 is 0 Å². The minimum absolute atomic E-state index is 0.169. The fourth-order valence-corrected chi connectivity index (χ4v) is 3.56. The first-order valence-corrected chi connectivity index (χ1v) is 9.39. The molecule has 0 unspecified atom stereocenters. The predicted molar refractivity (Wildman–Crippen MR) is 94.6 cm³/mol. The molecule has 0 radical (unpaired) electrons. The Hall–Kier alpha value is -2.67. The van der Waals surface area contributed by atoms with E-state index in [1.54, 1.807) is 37.3 Å². The summed E-state index contributed by atoms with van der Waals surface area (Å²) in [5.74, 6) is -1.35. The van der Waals surface area contributed by atoms with Gasteiger partial charge in [-0.25, -0.2) is 8.42 Å². The van der Waals surface area contributed by atoms with Crippen LogP contribution in [0.2, 0.25) is 0 Å². The Labute approximate surface area is 147 Å². The van der Waals surface area contributed by atoms with Crippen molar-refractivity contribution < 1.29 is 18.0 Å².